The first kappa shape index (κ1) is 21.4. The van der Waals surface area contributed by atoms with E-state index in [9.17, 15) is 19.7 Å². The number of carboxylic acids is 1. The number of aryl methyl sites for hydroxylation is 1. The van der Waals surface area contributed by atoms with Gasteiger partial charge in [0.05, 0.1) is 11.5 Å². The summed E-state index contributed by atoms with van der Waals surface area (Å²) in [7, 11) is 1.50. The summed E-state index contributed by atoms with van der Waals surface area (Å²) in [5, 5.41) is 26.3. The summed E-state index contributed by atoms with van der Waals surface area (Å²) in [5.41, 5.74) is -0.271. The Balaban J connectivity index is 1.44. The molecule has 0 fully saturated rings. The molecule has 0 saturated heterocycles. The Morgan fingerprint density at radius 2 is 2.19 bits per heavy atom. The molecule has 0 aliphatic heterocycles. The van der Waals surface area contributed by atoms with Crippen molar-refractivity contribution >= 4 is 17.6 Å². The lowest BCUT2D eigenvalue weighted by Crippen LogP contribution is -2.26. The number of aromatic nitrogens is 4. The van der Waals surface area contributed by atoms with E-state index in [0.29, 0.717) is 30.9 Å². The number of nitrogens with zero attached hydrogens (tertiary/aromatic N) is 5. The molecular formula is C18H18N6O7. The minimum atomic E-state index is -1.19. The predicted octanol–water partition coefficient (Wildman–Crippen LogP) is 1.67. The summed E-state index contributed by atoms with van der Waals surface area (Å²) < 4.78 is 11.9. The number of carboxylic acid groups (broad SMARTS) is 1. The molecule has 13 nitrogen and oxygen atoms in total. The van der Waals surface area contributed by atoms with Gasteiger partial charge in [0.2, 0.25) is 17.5 Å². The van der Waals surface area contributed by atoms with Crippen molar-refractivity contribution in [3.05, 3.63) is 52.3 Å². The number of ether oxygens (including phenoxy) is 1. The minimum Gasteiger partial charge on any atom is -0.478 e. The molecule has 31 heavy (non-hydrogen) atoms. The van der Waals surface area contributed by atoms with Gasteiger partial charge in [0.25, 0.3) is 5.91 Å². The Bertz CT molecular complexity index is 1110. The largest absolute Gasteiger partial charge is 0.478 e. The average Bonchev–Trinajstić information content (AvgIpc) is 3.38. The monoisotopic (exact) mass is 430 g/mol. The molecule has 0 aromatic carbocycles. The van der Waals surface area contributed by atoms with Gasteiger partial charge in [-0.2, -0.15) is 5.10 Å². The number of aromatic carboxylic acids is 1. The molecule has 0 saturated carbocycles. The second-order valence-electron chi connectivity index (χ2n) is 6.33. The first-order chi connectivity index (χ1) is 14.8. The van der Waals surface area contributed by atoms with Crippen LogP contribution >= 0.6 is 0 Å². The van der Waals surface area contributed by atoms with Gasteiger partial charge in [-0.25, -0.2) is 14.8 Å². The van der Waals surface area contributed by atoms with Crippen molar-refractivity contribution in [3.8, 4) is 17.3 Å². The number of unbranched alkanes of at least 4 members (excludes halogenated alkanes) is 1. The standard InChI is InChI=1S/C18H18N6O7/c1-23-9-13(24(28)29)15(22-23)16(25)20-5-2-3-7-30-14-8-11(4-6-19-14)17-21-12(10-31-17)18(26)27/h4,6,8-10H,2-3,5,7H2,1H3,(H,20,25)(H,26,27). The molecule has 3 aromatic heterocycles. The summed E-state index contributed by atoms with van der Waals surface area (Å²) in [6.07, 6.45) is 4.85. The van der Waals surface area contributed by atoms with Gasteiger partial charge in [-0.15, -0.1) is 0 Å². The van der Waals surface area contributed by atoms with Crippen LogP contribution in [0.4, 0.5) is 5.69 Å². The lowest BCUT2D eigenvalue weighted by molar-refractivity contribution is -0.385. The van der Waals surface area contributed by atoms with Crippen LogP contribution in [0.5, 0.6) is 5.88 Å². The summed E-state index contributed by atoms with van der Waals surface area (Å²) in [6, 6.07) is 3.18. The van der Waals surface area contributed by atoms with Crippen molar-refractivity contribution in [3.63, 3.8) is 0 Å². The Labute approximate surface area is 174 Å². The summed E-state index contributed by atoms with van der Waals surface area (Å²) in [5.74, 6) is -1.36. The van der Waals surface area contributed by atoms with E-state index in [4.69, 9.17) is 14.3 Å². The third kappa shape index (κ3) is 5.41. The normalized spacial score (nSPS) is 10.6. The van der Waals surface area contributed by atoms with Gasteiger partial charge in [0.1, 0.15) is 12.5 Å². The van der Waals surface area contributed by atoms with Gasteiger partial charge in [-0.05, 0) is 18.9 Å². The zero-order valence-corrected chi connectivity index (χ0v) is 16.3. The van der Waals surface area contributed by atoms with Crippen molar-refractivity contribution in [1.82, 2.24) is 25.1 Å². The third-order valence-electron chi connectivity index (χ3n) is 4.03. The number of rotatable bonds is 10. The topological polar surface area (TPSA) is 176 Å². The molecular weight excluding hydrogens is 412 g/mol. The first-order valence-corrected chi connectivity index (χ1v) is 9.09. The van der Waals surface area contributed by atoms with Crippen LogP contribution < -0.4 is 10.1 Å². The molecule has 13 heteroatoms. The number of carbonyl (C=O) groups is 2. The van der Waals surface area contributed by atoms with E-state index in [0.717, 1.165) is 6.26 Å². The first-order valence-electron chi connectivity index (χ1n) is 9.09. The van der Waals surface area contributed by atoms with Crippen molar-refractivity contribution in [2.75, 3.05) is 13.2 Å². The number of amides is 1. The Kier molecular flexibility index (Phi) is 6.54. The molecule has 0 unspecified atom stereocenters. The van der Waals surface area contributed by atoms with Crippen molar-refractivity contribution in [2.24, 2.45) is 7.05 Å². The fourth-order valence-electron chi connectivity index (χ4n) is 2.59. The maximum atomic E-state index is 12.1. The van der Waals surface area contributed by atoms with Gasteiger partial charge in [0, 0.05) is 31.4 Å². The number of nitrogens with one attached hydrogen (secondary N) is 1. The van der Waals surface area contributed by atoms with Crippen LogP contribution in [0.2, 0.25) is 0 Å². The molecule has 0 spiro atoms. The molecule has 3 aromatic rings. The average molecular weight is 430 g/mol. The summed E-state index contributed by atoms with van der Waals surface area (Å²) in [6.45, 7) is 0.597. The van der Waals surface area contributed by atoms with Gasteiger partial charge in [0.15, 0.2) is 5.69 Å². The molecule has 0 radical (unpaired) electrons. The van der Waals surface area contributed by atoms with Crippen LogP contribution in [0, 0.1) is 10.1 Å². The number of hydrogen-bond donors (Lipinski definition) is 2. The number of pyridine rings is 1. The second-order valence-corrected chi connectivity index (χ2v) is 6.33. The molecule has 0 bridgehead atoms. The number of hydrogen-bond acceptors (Lipinski definition) is 9. The van der Waals surface area contributed by atoms with E-state index >= 15 is 0 Å². The van der Waals surface area contributed by atoms with E-state index in [1.807, 2.05) is 0 Å². The Morgan fingerprint density at radius 1 is 1.39 bits per heavy atom. The fourth-order valence-corrected chi connectivity index (χ4v) is 2.59. The van der Waals surface area contributed by atoms with Crippen LogP contribution in [-0.4, -0.2) is 54.8 Å². The molecule has 0 aliphatic rings. The maximum absolute atomic E-state index is 12.1. The number of nitro groups is 1. The highest BCUT2D eigenvalue weighted by atomic mass is 16.6. The van der Waals surface area contributed by atoms with Crippen LogP contribution in [0.1, 0.15) is 33.8 Å². The zero-order chi connectivity index (χ0) is 22.4. The number of oxazole rings is 1. The zero-order valence-electron chi connectivity index (χ0n) is 16.3. The fraction of sp³-hybridized carbons (Fsp3) is 0.278. The predicted molar refractivity (Wildman–Crippen MR) is 104 cm³/mol. The quantitative estimate of drug-likeness (QED) is 0.273. The van der Waals surface area contributed by atoms with E-state index in [2.05, 4.69) is 20.4 Å². The lowest BCUT2D eigenvalue weighted by Gasteiger charge is -2.06. The highest BCUT2D eigenvalue weighted by Crippen LogP contribution is 2.22. The van der Waals surface area contributed by atoms with Gasteiger partial charge >= 0.3 is 11.7 Å². The van der Waals surface area contributed by atoms with Crippen molar-refractivity contribution < 1.29 is 28.8 Å². The van der Waals surface area contributed by atoms with E-state index in [1.165, 1.54) is 24.1 Å². The van der Waals surface area contributed by atoms with E-state index < -0.39 is 16.8 Å². The number of carbonyl (C=O) groups excluding carboxylic acids is 1. The SMILES string of the molecule is Cn1cc([N+](=O)[O-])c(C(=O)NCCCCOc2cc(-c3nc(C(=O)O)co3)ccn2)n1. The molecule has 0 aliphatic carbocycles. The minimum absolute atomic E-state index is 0.135. The maximum Gasteiger partial charge on any atom is 0.357 e. The molecule has 0 atom stereocenters. The lowest BCUT2D eigenvalue weighted by atomic mass is 10.2. The van der Waals surface area contributed by atoms with Crippen molar-refractivity contribution in [2.45, 2.75) is 12.8 Å². The highest BCUT2D eigenvalue weighted by molar-refractivity contribution is 5.96. The highest BCUT2D eigenvalue weighted by Gasteiger charge is 2.24. The van der Waals surface area contributed by atoms with Crippen LogP contribution in [-0.2, 0) is 7.05 Å². The summed E-state index contributed by atoms with van der Waals surface area (Å²) in [4.78, 5) is 41.2. The Hall–Kier alpha value is -4.29. The molecule has 2 N–H and O–H groups in total. The van der Waals surface area contributed by atoms with Crippen molar-refractivity contribution in [1.29, 1.82) is 0 Å². The molecule has 1 amide bonds. The third-order valence-corrected chi connectivity index (χ3v) is 4.03. The van der Waals surface area contributed by atoms with Gasteiger partial charge in [-0.3, -0.25) is 19.6 Å². The van der Waals surface area contributed by atoms with Gasteiger partial charge in [-0.1, -0.05) is 0 Å². The van der Waals surface area contributed by atoms with Crippen LogP contribution in [0.15, 0.2) is 35.2 Å². The molecule has 3 heterocycles. The van der Waals surface area contributed by atoms with E-state index in [-0.39, 0.29) is 29.5 Å². The molecule has 3 rings (SSSR count). The van der Waals surface area contributed by atoms with E-state index in [1.54, 1.807) is 12.1 Å². The summed E-state index contributed by atoms with van der Waals surface area (Å²) >= 11 is 0. The molecule has 162 valence electrons. The van der Waals surface area contributed by atoms with Gasteiger partial charge < -0.3 is 19.6 Å². The van der Waals surface area contributed by atoms with Crippen LogP contribution in [0.3, 0.4) is 0 Å². The van der Waals surface area contributed by atoms with Crippen LogP contribution in [0.25, 0.3) is 11.5 Å². The smallest absolute Gasteiger partial charge is 0.357 e. The Morgan fingerprint density at radius 3 is 2.90 bits per heavy atom. The second kappa shape index (κ2) is 9.47.